The number of halogens is 1. The van der Waals surface area contributed by atoms with Crippen LogP contribution in [0.5, 0.6) is 0 Å². The molecule has 3 aromatic rings. The van der Waals surface area contributed by atoms with Crippen LogP contribution in [0.4, 0.5) is 15.0 Å². The molecule has 1 aliphatic heterocycles. The number of pyridine rings is 1. The Morgan fingerprint density at radius 1 is 1.24 bits per heavy atom. The van der Waals surface area contributed by atoms with Gasteiger partial charge in [-0.15, -0.1) is 0 Å². The van der Waals surface area contributed by atoms with E-state index in [1.165, 1.54) is 12.1 Å². The number of hydrogen-bond acceptors (Lipinski definition) is 6. The second-order valence-electron chi connectivity index (χ2n) is 10.1. The molecular formula is C27H33FN6O3. The molecule has 1 atom stereocenters. The van der Waals surface area contributed by atoms with Gasteiger partial charge in [-0.05, 0) is 69.9 Å². The minimum atomic E-state index is -0.581. The van der Waals surface area contributed by atoms with Crippen LogP contribution < -0.4 is 10.6 Å². The molecule has 1 saturated heterocycles. The first-order valence-electron chi connectivity index (χ1n) is 12.5. The Morgan fingerprint density at radius 2 is 2.08 bits per heavy atom. The van der Waals surface area contributed by atoms with Gasteiger partial charge in [-0.3, -0.25) is 9.89 Å². The summed E-state index contributed by atoms with van der Waals surface area (Å²) < 4.78 is 19.1. The van der Waals surface area contributed by atoms with Crippen molar-refractivity contribution in [3.63, 3.8) is 0 Å². The lowest BCUT2D eigenvalue weighted by molar-refractivity contribution is 0.0225. The first kappa shape index (κ1) is 26.1. The predicted octanol–water partition coefficient (Wildman–Crippen LogP) is 4.39. The van der Waals surface area contributed by atoms with Gasteiger partial charge in [-0.2, -0.15) is 5.10 Å². The van der Waals surface area contributed by atoms with E-state index in [9.17, 15) is 14.0 Å². The van der Waals surface area contributed by atoms with Gasteiger partial charge in [-0.25, -0.2) is 14.2 Å². The molecule has 2 amide bonds. The second kappa shape index (κ2) is 11.4. The van der Waals surface area contributed by atoms with Crippen LogP contribution >= 0.6 is 0 Å². The number of anilines is 1. The molecule has 3 heterocycles. The van der Waals surface area contributed by atoms with Gasteiger partial charge in [0.15, 0.2) is 0 Å². The zero-order valence-corrected chi connectivity index (χ0v) is 21.4. The number of amides is 2. The van der Waals surface area contributed by atoms with Crippen molar-refractivity contribution < 1.29 is 18.7 Å². The molecule has 10 heteroatoms. The molecule has 0 spiro atoms. The number of aromatic amines is 1. The van der Waals surface area contributed by atoms with Crippen molar-refractivity contribution in [3.8, 4) is 11.3 Å². The highest BCUT2D eigenvalue weighted by Crippen LogP contribution is 2.23. The Labute approximate surface area is 215 Å². The number of rotatable bonds is 8. The number of aromatic nitrogens is 3. The average molecular weight is 509 g/mol. The van der Waals surface area contributed by atoms with Crippen molar-refractivity contribution in [2.45, 2.75) is 51.7 Å². The maximum Gasteiger partial charge on any atom is 0.410 e. The van der Waals surface area contributed by atoms with E-state index in [1.807, 2.05) is 26.8 Å². The van der Waals surface area contributed by atoms with Gasteiger partial charge in [-0.1, -0.05) is 12.1 Å². The number of nitrogens with one attached hydrogen (secondary N) is 3. The molecule has 0 bridgehead atoms. The first-order valence-corrected chi connectivity index (χ1v) is 12.5. The molecule has 37 heavy (non-hydrogen) atoms. The Morgan fingerprint density at radius 3 is 2.81 bits per heavy atom. The van der Waals surface area contributed by atoms with Crippen LogP contribution in [0.3, 0.4) is 0 Å². The molecule has 0 radical (unpaired) electrons. The minimum Gasteiger partial charge on any atom is -0.444 e. The molecule has 4 rings (SSSR count). The van der Waals surface area contributed by atoms with Crippen molar-refractivity contribution in [2.75, 3.05) is 25.0 Å². The first-order chi connectivity index (χ1) is 17.7. The van der Waals surface area contributed by atoms with E-state index in [1.54, 1.807) is 35.5 Å². The number of ether oxygens (including phenoxy) is 1. The van der Waals surface area contributed by atoms with Gasteiger partial charge in [0.1, 0.15) is 17.2 Å². The van der Waals surface area contributed by atoms with Gasteiger partial charge in [0.2, 0.25) is 0 Å². The molecule has 9 nitrogen and oxygen atoms in total. The summed E-state index contributed by atoms with van der Waals surface area (Å²) in [5.74, 6) is -0.163. The van der Waals surface area contributed by atoms with Crippen LogP contribution in [-0.2, 0) is 11.2 Å². The number of H-pyrrole nitrogens is 1. The maximum absolute atomic E-state index is 13.5. The third-order valence-electron chi connectivity index (χ3n) is 6.03. The van der Waals surface area contributed by atoms with Gasteiger partial charge in [0.25, 0.3) is 5.91 Å². The molecule has 196 valence electrons. The topological polar surface area (TPSA) is 112 Å². The second-order valence-corrected chi connectivity index (χ2v) is 10.1. The lowest BCUT2D eigenvalue weighted by atomic mass is 10.1. The molecule has 0 aliphatic carbocycles. The quantitative estimate of drug-likeness (QED) is 0.416. The third-order valence-corrected chi connectivity index (χ3v) is 6.03. The molecule has 1 aliphatic rings. The molecule has 2 aromatic heterocycles. The predicted molar refractivity (Wildman–Crippen MR) is 139 cm³/mol. The number of nitrogens with zero attached hydrogens (tertiary/aromatic N) is 3. The summed E-state index contributed by atoms with van der Waals surface area (Å²) in [4.78, 5) is 32.1. The van der Waals surface area contributed by atoms with Gasteiger partial charge < -0.3 is 20.3 Å². The van der Waals surface area contributed by atoms with Crippen molar-refractivity contribution in [1.82, 2.24) is 25.4 Å². The van der Waals surface area contributed by atoms with Crippen LogP contribution in [0.25, 0.3) is 11.3 Å². The number of hydrogen-bond donors (Lipinski definition) is 3. The standard InChI is InChI=1S/C27H33FN6O3/c1-27(2,3)37-26(36)34-13-5-8-21(34)17-30-25(35)22-9-10-23(19-15-31-32-16-19)33-24(22)29-12-11-18-6-4-7-20(28)14-18/h4,6-7,9-10,14-16,21H,5,8,11-13,17H2,1-3H3,(H,29,33)(H,30,35)(H,31,32)/t21-/m1/s1. The Balaban J connectivity index is 1.45. The lowest BCUT2D eigenvalue weighted by Crippen LogP contribution is -2.45. The molecule has 0 saturated carbocycles. The monoisotopic (exact) mass is 508 g/mol. The van der Waals surface area contributed by atoms with E-state index >= 15 is 0 Å². The summed E-state index contributed by atoms with van der Waals surface area (Å²) in [6.07, 6.45) is 5.22. The van der Waals surface area contributed by atoms with Gasteiger partial charge in [0.05, 0.1) is 23.5 Å². The van der Waals surface area contributed by atoms with Crippen LogP contribution in [0.2, 0.25) is 0 Å². The van der Waals surface area contributed by atoms with E-state index < -0.39 is 5.60 Å². The number of carbonyl (C=O) groups is 2. The van der Waals surface area contributed by atoms with Crippen molar-refractivity contribution >= 4 is 17.8 Å². The fourth-order valence-corrected chi connectivity index (χ4v) is 4.26. The Kier molecular flexibility index (Phi) is 8.05. The normalized spacial score (nSPS) is 15.5. The third kappa shape index (κ3) is 7.05. The smallest absolute Gasteiger partial charge is 0.410 e. The van der Waals surface area contributed by atoms with Crippen LogP contribution in [0, 0.1) is 5.82 Å². The molecular weight excluding hydrogens is 475 g/mol. The minimum absolute atomic E-state index is 0.138. The van der Waals surface area contributed by atoms with E-state index in [4.69, 9.17) is 4.74 Å². The summed E-state index contributed by atoms with van der Waals surface area (Å²) in [6, 6.07) is 9.76. The van der Waals surface area contributed by atoms with Crippen molar-refractivity contribution in [3.05, 3.63) is 65.7 Å². The average Bonchev–Trinajstić information content (AvgIpc) is 3.54. The summed E-state index contributed by atoms with van der Waals surface area (Å²) in [5, 5.41) is 12.9. The summed E-state index contributed by atoms with van der Waals surface area (Å²) >= 11 is 0. The highest BCUT2D eigenvalue weighted by atomic mass is 19.1. The number of benzene rings is 1. The van der Waals surface area contributed by atoms with Crippen molar-refractivity contribution in [1.29, 1.82) is 0 Å². The van der Waals surface area contributed by atoms with Gasteiger partial charge >= 0.3 is 6.09 Å². The van der Waals surface area contributed by atoms with E-state index in [0.717, 1.165) is 24.0 Å². The highest BCUT2D eigenvalue weighted by Gasteiger charge is 2.32. The van der Waals surface area contributed by atoms with E-state index in [2.05, 4.69) is 25.8 Å². The summed E-state index contributed by atoms with van der Waals surface area (Å²) in [7, 11) is 0. The SMILES string of the molecule is CC(C)(C)OC(=O)N1CCC[C@@H]1CNC(=O)c1ccc(-c2cn[nH]c2)nc1NCCc1cccc(F)c1. The van der Waals surface area contributed by atoms with Crippen LogP contribution in [-0.4, -0.2) is 63.4 Å². The zero-order valence-electron chi connectivity index (χ0n) is 21.4. The zero-order chi connectivity index (χ0) is 26.4. The van der Waals surface area contributed by atoms with Crippen LogP contribution in [0.15, 0.2) is 48.8 Å². The van der Waals surface area contributed by atoms with E-state index in [-0.39, 0.29) is 23.9 Å². The molecule has 1 aromatic carbocycles. The number of likely N-dealkylation sites (tertiary alicyclic amines) is 1. The summed E-state index contributed by atoms with van der Waals surface area (Å²) in [5.41, 5.74) is 2.09. The highest BCUT2D eigenvalue weighted by molar-refractivity contribution is 5.99. The molecule has 0 unspecified atom stereocenters. The maximum atomic E-state index is 13.5. The van der Waals surface area contributed by atoms with E-state index in [0.29, 0.717) is 43.1 Å². The largest absolute Gasteiger partial charge is 0.444 e. The van der Waals surface area contributed by atoms with Crippen LogP contribution in [0.1, 0.15) is 49.5 Å². The fourth-order valence-electron chi connectivity index (χ4n) is 4.26. The molecule has 1 fully saturated rings. The summed E-state index contributed by atoms with van der Waals surface area (Å²) in [6.45, 7) is 6.87. The lowest BCUT2D eigenvalue weighted by Gasteiger charge is -2.28. The molecule has 3 N–H and O–H groups in total. The Bertz CT molecular complexity index is 1230. The number of carbonyl (C=O) groups excluding carboxylic acids is 2. The fraction of sp³-hybridized carbons (Fsp3) is 0.407. The van der Waals surface area contributed by atoms with Crippen molar-refractivity contribution in [2.24, 2.45) is 0 Å². The van der Waals surface area contributed by atoms with Gasteiger partial charge in [0, 0.05) is 31.4 Å². The Hall–Kier alpha value is -3.95.